The van der Waals surface area contributed by atoms with E-state index in [0.717, 1.165) is 0 Å². The van der Waals surface area contributed by atoms with Crippen molar-refractivity contribution in [1.82, 2.24) is 5.32 Å². The maximum Gasteiger partial charge on any atom is 0.328 e. The summed E-state index contributed by atoms with van der Waals surface area (Å²) in [5.74, 6) is -1.81. The number of carbonyl (C=O) groups excluding carboxylic acids is 1. The van der Waals surface area contributed by atoms with Crippen LogP contribution in [0.25, 0.3) is 0 Å². The monoisotopic (exact) mass is 241 g/mol. The average Bonchev–Trinajstić information content (AvgIpc) is 2.35. The van der Waals surface area contributed by atoms with Crippen molar-refractivity contribution in [2.45, 2.75) is 6.04 Å². The van der Waals surface area contributed by atoms with Gasteiger partial charge in [-0.25, -0.2) is 9.18 Å². The van der Waals surface area contributed by atoms with E-state index in [-0.39, 0.29) is 5.56 Å². The fourth-order valence-corrected chi connectivity index (χ4v) is 1.23. The van der Waals surface area contributed by atoms with Gasteiger partial charge in [0.2, 0.25) is 0 Å². The van der Waals surface area contributed by atoms with Crippen LogP contribution >= 0.6 is 0 Å². The molecule has 5 nitrogen and oxygen atoms in total. The van der Waals surface area contributed by atoms with E-state index in [1.807, 2.05) is 0 Å². The van der Waals surface area contributed by atoms with Crippen molar-refractivity contribution in [3.8, 4) is 5.75 Å². The minimum atomic E-state index is -1.55. The number of carboxylic acids is 1. The summed E-state index contributed by atoms with van der Waals surface area (Å²) in [6.07, 6.45) is 0. The van der Waals surface area contributed by atoms with Crippen LogP contribution in [-0.2, 0) is 4.79 Å². The average molecular weight is 241 g/mol. The number of amides is 1. The summed E-state index contributed by atoms with van der Waals surface area (Å²) in [7, 11) is 1.38. The molecule has 0 saturated heterocycles. The Balaban J connectivity index is 2.86. The van der Waals surface area contributed by atoms with Crippen molar-refractivity contribution in [2.24, 2.45) is 0 Å². The van der Waals surface area contributed by atoms with E-state index in [1.165, 1.54) is 13.2 Å². The number of aliphatic carboxylic acids is 1. The molecule has 0 bridgehead atoms. The predicted molar refractivity (Wildman–Crippen MR) is 57.9 cm³/mol. The lowest BCUT2D eigenvalue weighted by Gasteiger charge is -2.12. The number of nitrogens with one attached hydrogen (secondary N) is 1. The molecule has 1 rings (SSSR count). The molecule has 0 aliphatic carbocycles. The van der Waals surface area contributed by atoms with Crippen LogP contribution in [0.4, 0.5) is 4.39 Å². The Morgan fingerprint density at radius 2 is 2.12 bits per heavy atom. The zero-order valence-electron chi connectivity index (χ0n) is 9.14. The third-order valence-electron chi connectivity index (χ3n) is 2.11. The van der Waals surface area contributed by atoms with Crippen LogP contribution in [0, 0.1) is 0 Å². The van der Waals surface area contributed by atoms with Crippen LogP contribution in [0.15, 0.2) is 24.3 Å². The fourth-order valence-electron chi connectivity index (χ4n) is 1.23. The maximum atomic E-state index is 12.3. The smallest absolute Gasteiger partial charge is 0.328 e. The highest BCUT2D eigenvalue weighted by atomic mass is 19.1. The molecule has 0 fully saturated rings. The van der Waals surface area contributed by atoms with Gasteiger partial charge in [-0.2, -0.15) is 0 Å². The number of para-hydroxylation sites is 1. The Labute approximate surface area is 97.2 Å². The van der Waals surface area contributed by atoms with E-state index in [2.05, 4.69) is 5.32 Å². The molecule has 1 aromatic carbocycles. The third kappa shape index (κ3) is 3.17. The van der Waals surface area contributed by atoms with E-state index in [4.69, 9.17) is 9.84 Å². The zero-order chi connectivity index (χ0) is 12.8. The number of alkyl halides is 1. The van der Waals surface area contributed by atoms with E-state index in [0.29, 0.717) is 5.75 Å². The predicted octanol–water partition coefficient (Wildman–Crippen LogP) is 0.848. The van der Waals surface area contributed by atoms with Crippen LogP contribution in [0.2, 0.25) is 0 Å². The molecular weight excluding hydrogens is 229 g/mol. The second kappa shape index (κ2) is 5.83. The Morgan fingerprint density at radius 1 is 1.47 bits per heavy atom. The van der Waals surface area contributed by atoms with Crippen LogP contribution < -0.4 is 10.1 Å². The summed E-state index contributed by atoms with van der Waals surface area (Å²) in [5.41, 5.74) is 0.162. The number of halogens is 1. The first kappa shape index (κ1) is 13.0. The van der Waals surface area contributed by atoms with Crippen molar-refractivity contribution >= 4 is 11.9 Å². The van der Waals surface area contributed by atoms with E-state index < -0.39 is 24.6 Å². The SMILES string of the molecule is COc1ccccc1C(=O)NC(CF)C(=O)O. The number of carbonyl (C=O) groups is 2. The Kier molecular flexibility index (Phi) is 4.45. The standard InChI is InChI=1S/C11H12FNO4/c1-17-9-5-3-2-4-7(9)10(14)13-8(6-12)11(15)16/h2-5,8H,6H2,1H3,(H,13,14)(H,15,16). The third-order valence-corrected chi connectivity index (χ3v) is 2.11. The highest BCUT2D eigenvalue weighted by molar-refractivity contribution is 5.98. The van der Waals surface area contributed by atoms with Gasteiger partial charge in [-0.15, -0.1) is 0 Å². The lowest BCUT2D eigenvalue weighted by atomic mass is 10.1. The van der Waals surface area contributed by atoms with Gasteiger partial charge in [0.05, 0.1) is 12.7 Å². The Bertz CT molecular complexity index is 422. The van der Waals surface area contributed by atoms with E-state index in [9.17, 15) is 14.0 Å². The summed E-state index contributed by atoms with van der Waals surface area (Å²) in [5, 5.41) is 10.7. The summed E-state index contributed by atoms with van der Waals surface area (Å²) < 4.78 is 17.3. The molecule has 1 amide bonds. The Morgan fingerprint density at radius 3 is 2.65 bits per heavy atom. The van der Waals surface area contributed by atoms with Crippen molar-refractivity contribution < 1.29 is 23.8 Å². The first-order valence-corrected chi connectivity index (χ1v) is 4.82. The second-order valence-corrected chi connectivity index (χ2v) is 3.22. The molecule has 0 radical (unpaired) electrons. The lowest BCUT2D eigenvalue weighted by molar-refractivity contribution is -0.139. The number of ether oxygens (including phenoxy) is 1. The van der Waals surface area contributed by atoms with Crippen LogP contribution in [0.5, 0.6) is 5.75 Å². The maximum absolute atomic E-state index is 12.3. The van der Waals surface area contributed by atoms with Gasteiger partial charge in [-0.1, -0.05) is 12.1 Å². The first-order chi connectivity index (χ1) is 8.10. The second-order valence-electron chi connectivity index (χ2n) is 3.22. The summed E-state index contributed by atoms with van der Waals surface area (Å²) in [4.78, 5) is 22.2. The van der Waals surface area contributed by atoms with Crippen molar-refractivity contribution in [1.29, 1.82) is 0 Å². The molecule has 0 spiro atoms. The van der Waals surface area contributed by atoms with Crippen LogP contribution in [-0.4, -0.2) is 36.8 Å². The largest absolute Gasteiger partial charge is 0.496 e. The van der Waals surface area contributed by atoms with Gasteiger partial charge in [-0.05, 0) is 12.1 Å². The van der Waals surface area contributed by atoms with E-state index >= 15 is 0 Å². The first-order valence-electron chi connectivity index (χ1n) is 4.82. The number of rotatable bonds is 5. The summed E-state index contributed by atoms with van der Waals surface area (Å²) in [6, 6.07) is 4.74. The minimum Gasteiger partial charge on any atom is -0.496 e. The highest BCUT2D eigenvalue weighted by Crippen LogP contribution is 2.16. The fraction of sp³-hybridized carbons (Fsp3) is 0.273. The van der Waals surface area contributed by atoms with Crippen LogP contribution in [0.3, 0.4) is 0 Å². The van der Waals surface area contributed by atoms with Gasteiger partial charge in [0.1, 0.15) is 12.4 Å². The highest BCUT2D eigenvalue weighted by Gasteiger charge is 2.21. The Hall–Kier alpha value is -2.11. The normalized spacial score (nSPS) is 11.6. The molecule has 0 saturated carbocycles. The molecule has 92 valence electrons. The summed E-state index contributed by atoms with van der Waals surface area (Å²) in [6.45, 7) is -1.17. The molecule has 2 N–H and O–H groups in total. The van der Waals surface area contributed by atoms with Crippen molar-refractivity contribution in [2.75, 3.05) is 13.8 Å². The molecule has 1 atom stereocenters. The quantitative estimate of drug-likeness (QED) is 0.801. The molecular formula is C11H12FNO4. The molecule has 6 heteroatoms. The van der Waals surface area contributed by atoms with Gasteiger partial charge in [0.25, 0.3) is 5.91 Å². The van der Waals surface area contributed by atoms with Crippen molar-refractivity contribution in [3.05, 3.63) is 29.8 Å². The van der Waals surface area contributed by atoms with Gasteiger partial charge < -0.3 is 15.2 Å². The summed E-state index contributed by atoms with van der Waals surface area (Å²) >= 11 is 0. The van der Waals surface area contributed by atoms with Gasteiger partial charge in [0, 0.05) is 0 Å². The molecule has 0 aliphatic heterocycles. The number of hydrogen-bond donors (Lipinski definition) is 2. The van der Waals surface area contributed by atoms with Gasteiger partial charge >= 0.3 is 5.97 Å². The number of hydrogen-bond acceptors (Lipinski definition) is 3. The lowest BCUT2D eigenvalue weighted by Crippen LogP contribution is -2.42. The van der Waals surface area contributed by atoms with Crippen LogP contribution in [0.1, 0.15) is 10.4 Å². The molecule has 0 heterocycles. The van der Waals surface area contributed by atoms with E-state index in [1.54, 1.807) is 18.2 Å². The number of methoxy groups -OCH3 is 1. The minimum absolute atomic E-state index is 0.162. The zero-order valence-corrected chi connectivity index (χ0v) is 9.14. The molecule has 0 aliphatic rings. The molecule has 0 aromatic heterocycles. The number of carboxylic acid groups (broad SMARTS) is 1. The topological polar surface area (TPSA) is 75.6 Å². The van der Waals surface area contributed by atoms with Crippen molar-refractivity contribution in [3.63, 3.8) is 0 Å². The van der Waals surface area contributed by atoms with Gasteiger partial charge in [-0.3, -0.25) is 4.79 Å². The molecule has 1 aromatic rings. The number of benzene rings is 1. The van der Waals surface area contributed by atoms with Gasteiger partial charge in [0.15, 0.2) is 6.04 Å². The molecule has 17 heavy (non-hydrogen) atoms. The molecule has 1 unspecified atom stereocenters.